The van der Waals surface area contributed by atoms with E-state index < -0.39 is 17.5 Å². The predicted octanol–water partition coefficient (Wildman–Crippen LogP) is 0.744. The Morgan fingerprint density at radius 3 is 2.58 bits per heavy atom. The fraction of sp³-hybridized carbons (Fsp3) is 0.308. The van der Waals surface area contributed by atoms with Gasteiger partial charge in [-0.05, 0) is 25.0 Å². The Hall–Kier alpha value is -2.21. The summed E-state index contributed by atoms with van der Waals surface area (Å²) in [5, 5.41) is 26.7. The van der Waals surface area contributed by atoms with Gasteiger partial charge in [-0.3, -0.25) is 0 Å². The number of aromatic nitrogens is 3. The smallest absolute Gasteiger partial charge is 0.333 e. The molecule has 1 aromatic carbocycles. The van der Waals surface area contributed by atoms with Crippen molar-refractivity contribution in [2.45, 2.75) is 24.4 Å². The monoisotopic (exact) mass is 259 g/mol. The molecule has 2 N–H and O–H groups in total. The van der Waals surface area contributed by atoms with Gasteiger partial charge in [-0.1, -0.05) is 23.4 Å². The molecular weight excluding hydrogens is 246 g/mol. The molecule has 1 aromatic heterocycles. The molecule has 0 saturated heterocycles. The van der Waals surface area contributed by atoms with Crippen LogP contribution in [0.25, 0.3) is 5.69 Å². The van der Waals surface area contributed by atoms with Gasteiger partial charge in [0.15, 0.2) is 6.10 Å². The quantitative estimate of drug-likeness (QED) is 0.845. The van der Waals surface area contributed by atoms with Gasteiger partial charge in [0.25, 0.3) is 0 Å². The van der Waals surface area contributed by atoms with Crippen LogP contribution in [0.4, 0.5) is 0 Å². The predicted molar refractivity (Wildman–Crippen MR) is 65.9 cm³/mol. The summed E-state index contributed by atoms with van der Waals surface area (Å²) in [6, 6.07) is 9.43. The van der Waals surface area contributed by atoms with E-state index in [9.17, 15) is 9.90 Å². The highest BCUT2D eigenvalue weighted by molar-refractivity contribution is 5.75. The van der Waals surface area contributed by atoms with Crippen molar-refractivity contribution in [3.05, 3.63) is 42.2 Å². The number of aliphatic hydroxyl groups is 1. The molecule has 1 aliphatic rings. The zero-order chi connectivity index (χ0) is 13.5. The van der Waals surface area contributed by atoms with E-state index in [1.807, 2.05) is 30.3 Å². The third-order valence-electron chi connectivity index (χ3n) is 3.57. The van der Waals surface area contributed by atoms with Gasteiger partial charge in [0.2, 0.25) is 0 Å². The topological polar surface area (TPSA) is 88.2 Å². The molecule has 0 amide bonds. The van der Waals surface area contributed by atoms with Crippen molar-refractivity contribution in [1.29, 1.82) is 0 Å². The molecule has 0 spiro atoms. The van der Waals surface area contributed by atoms with Gasteiger partial charge < -0.3 is 10.2 Å². The number of rotatable bonds is 4. The Bertz CT molecular complexity index is 605. The molecule has 1 aliphatic carbocycles. The second-order valence-corrected chi connectivity index (χ2v) is 4.78. The van der Waals surface area contributed by atoms with E-state index in [0.717, 1.165) is 5.69 Å². The number of hydrogen-bond acceptors (Lipinski definition) is 4. The molecule has 19 heavy (non-hydrogen) atoms. The van der Waals surface area contributed by atoms with Crippen LogP contribution in [0.3, 0.4) is 0 Å². The maximum absolute atomic E-state index is 10.9. The van der Waals surface area contributed by atoms with Crippen molar-refractivity contribution < 1.29 is 15.0 Å². The largest absolute Gasteiger partial charge is 0.479 e. The van der Waals surface area contributed by atoms with Gasteiger partial charge in [0, 0.05) is 0 Å². The first-order valence-corrected chi connectivity index (χ1v) is 6.03. The van der Waals surface area contributed by atoms with Crippen molar-refractivity contribution in [3.63, 3.8) is 0 Å². The molecule has 1 unspecified atom stereocenters. The number of carboxylic acid groups (broad SMARTS) is 1. The Balaban J connectivity index is 1.92. The molecular formula is C13H13N3O3. The van der Waals surface area contributed by atoms with Crippen molar-refractivity contribution in [2.75, 3.05) is 0 Å². The SMILES string of the molecule is O=C(O)C(O)C1(c2cn(-c3ccccc3)nn2)CC1. The lowest BCUT2D eigenvalue weighted by Gasteiger charge is -2.15. The van der Waals surface area contributed by atoms with Crippen molar-refractivity contribution in [1.82, 2.24) is 15.0 Å². The van der Waals surface area contributed by atoms with E-state index in [1.165, 1.54) is 0 Å². The fourth-order valence-corrected chi connectivity index (χ4v) is 2.24. The number of aliphatic carboxylic acids is 1. The summed E-state index contributed by atoms with van der Waals surface area (Å²) >= 11 is 0. The van der Waals surface area contributed by atoms with Crippen LogP contribution in [-0.4, -0.2) is 37.3 Å². The Morgan fingerprint density at radius 2 is 2.00 bits per heavy atom. The van der Waals surface area contributed by atoms with Crippen molar-refractivity contribution in [3.8, 4) is 5.69 Å². The molecule has 3 rings (SSSR count). The summed E-state index contributed by atoms with van der Waals surface area (Å²) in [6.45, 7) is 0. The van der Waals surface area contributed by atoms with E-state index in [0.29, 0.717) is 18.5 Å². The normalized spacial score (nSPS) is 17.9. The molecule has 1 fully saturated rings. The summed E-state index contributed by atoms with van der Waals surface area (Å²) in [6.07, 6.45) is 1.50. The summed E-state index contributed by atoms with van der Waals surface area (Å²) in [4.78, 5) is 10.9. The first kappa shape index (κ1) is 11.9. The number of benzene rings is 1. The molecule has 1 heterocycles. The van der Waals surface area contributed by atoms with Gasteiger partial charge in [-0.25, -0.2) is 9.48 Å². The molecule has 2 aromatic rings. The number of carbonyl (C=O) groups is 1. The summed E-state index contributed by atoms with van der Waals surface area (Å²) < 4.78 is 1.59. The molecule has 6 heteroatoms. The van der Waals surface area contributed by atoms with E-state index in [1.54, 1.807) is 10.9 Å². The van der Waals surface area contributed by atoms with Crippen molar-refractivity contribution in [2.24, 2.45) is 0 Å². The van der Waals surface area contributed by atoms with Crippen LogP contribution in [0.15, 0.2) is 36.5 Å². The maximum atomic E-state index is 10.9. The third kappa shape index (κ3) is 1.90. The molecule has 6 nitrogen and oxygen atoms in total. The number of hydrogen-bond donors (Lipinski definition) is 2. The van der Waals surface area contributed by atoms with Crippen LogP contribution in [0.1, 0.15) is 18.5 Å². The Kier molecular flexibility index (Phi) is 2.60. The van der Waals surface area contributed by atoms with Crippen LogP contribution >= 0.6 is 0 Å². The summed E-state index contributed by atoms with van der Waals surface area (Å²) in [5.41, 5.74) is 0.618. The molecule has 1 saturated carbocycles. The van der Waals surface area contributed by atoms with Crippen LogP contribution in [-0.2, 0) is 10.2 Å². The minimum Gasteiger partial charge on any atom is -0.479 e. The van der Waals surface area contributed by atoms with Gasteiger partial charge in [-0.15, -0.1) is 5.10 Å². The second-order valence-electron chi connectivity index (χ2n) is 4.78. The van der Waals surface area contributed by atoms with E-state index >= 15 is 0 Å². The lowest BCUT2D eigenvalue weighted by Crippen LogP contribution is -2.34. The molecule has 0 aliphatic heterocycles. The van der Waals surface area contributed by atoms with Crippen LogP contribution in [0, 0.1) is 0 Å². The van der Waals surface area contributed by atoms with Gasteiger partial charge in [0.1, 0.15) is 0 Å². The highest BCUT2D eigenvalue weighted by atomic mass is 16.4. The summed E-state index contributed by atoms with van der Waals surface area (Å²) in [7, 11) is 0. The number of para-hydroxylation sites is 1. The highest BCUT2D eigenvalue weighted by Crippen LogP contribution is 2.50. The zero-order valence-electron chi connectivity index (χ0n) is 10.1. The zero-order valence-corrected chi connectivity index (χ0v) is 10.1. The third-order valence-corrected chi connectivity index (χ3v) is 3.57. The van der Waals surface area contributed by atoms with Gasteiger partial charge >= 0.3 is 5.97 Å². The highest BCUT2D eigenvalue weighted by Gasteiger charge is 2.55. The molecule has 98 valence electrons. The van der Waals surface area contributed by atoms with Crippen LogP contribution in [0.2, 0.25) is 0 Å². The first-order valence-electron chi connectivity index (χ1n) is 6.03. The van der Waals surface area contributed by atoms with Gasteiger partial charge in [-0.2, -0.15) is 0 Å². The standard InChI is InChI=1S/C13H13N3O3/c17-11(12(18)19)13(6-7-13)10-8-16(15-14-10)9-4-2-1-3-5-9/h1-5,8,11,17H,6-7H2,(H,18,19). The van der Waals surface area contributed by atoms with Crippen LogP contribution in [0.5, 0.6) is 0 Å². The molecule has 0 bridgehead atoms. The number of carboxylic acids is 1. The average Bonchev–Trinajstić information content (AvgIpc) is 3.09. The molecule has 0 radical (unpaired) electrons. The second kappa shape index (κ2) is 4.17. The average molecular weight is 259 g/mol. The minimum atomic E-state index is -1.42. The van der Waals surface area contributed by atoms with E-state index in [-0.39, 0.29) is 0 Å². The van der Waals surface area contributed by atoms with Gasteiger partial charge in [0.05, 0.1) is 23.0 Å². The van der Waals surface area contributed by atoms with Crippen molar-refractivity contribution >= 4 is 5.97 Å². The Morgan fingerprint density at radius 1 is 1.32 bits per heavy atom. The minimum absolute atomic E-state index is 0.534. The first-order chi connectivity index (χ1) is 9.13. The lowest BCUT2D eigenvalue weighted by molar-refractivity contribution is -0.148. The maximum Gasteiger partial charge on any atom is 0.333 e. The fourth-order valence-electron chi connectivity index (χ4n) is 2.24. The van der Waals surface area contributed by atoms with E-state index in [2.05, 4.69) is 10.3 Å². The lowest BCUT2D eigenvalue weighted by atomic mass is 9.96. The number of aliphatic hydroxyl groups excluding tert-OH is 1. The van der Waals surface area contributed by atoms with E-state index in [4.69, 9.17) is 5.11 Å². The number of nitrogens with zero attached hydrogens (tertiary/aromatic N) is 3. The summed E-state index contributed by atoms with van der Waals surface area (Å²) in [5.74, 6) is -1.22. The Labute approximate surface area is 109 Å². The molecule has 1 atom stereocenters. The van der Waals surface area contributed by atoms with Crippen LogP contribution < -0.4 is 0 Å².